The number of imidazole rings is 1. The molecule has 1 aliphatic heterocycles. The van der Waals surface area contributed by atoms with Gasteiger partial charge in [0.25, 0.3) is 0 Å². The van der Waals surface area contributed by atoms with Gasteiger partial charge in [0, 0.05) is 12.1 Å². The molecule has 0 spiro atoms. The largest absolute Gasteiger partial charge is 0.476 e. The fourth-order valence-electron chi connectivity index (χ4n) is 2.61. The van der Waals surface area contributed by atoms with Gasteiger partial charge in [0.2, 0.25) is 0 Å². The van der Waals surface area contributed by atoms with E-state index in [0.29, 0.717) is 35.1 Å². The van der Waals surface area contributed by atoms with Crippen molar-refractivity contribution in [2.45, 2.75) is 25.5 Å². The van der Waals surface area contributed by atoms with Crippen LogP contribution in [-0.4, -0.2) is 25.7 Å². The first-order chi connectivity index (χ1) is 9.59. The highest BCUT2D eigenvalue weighted by atomic mass is 35.5. The predicted octanol–water partition coefficient (Wildman–Crippen LogP) is 2.73. The number of aromatic carboxylic acids is 1. The molecule has 0 aliphatic carbocycles. The second-order valence-electron chi connectivity index (χ2n) is 4.76. The number of hydrogen-bond acceptors (Lipinski definition) is 3. The molecule has 1 atom stereocenters. The summed E-state index contributed by atoms with van der Waals surface area (Å²) >= 11 is 6.16. The Labute approximate surface area is 120 Å². The van der Waals surface area contributed by atoms with Crippen LogP contribution in [0.5, 0.6) is 0 Å². The second-order valence-corrected chi connectivity index (χ2v) is 5.17. The van der Waals surface area contributed by atoms with Gasteiger partial charge in [0.15, 0.2) is 5.69 Å². The van der Waals surface area contributed by atoms with Gasteiger partial charge in [-0.2, -0.15) is 0 Å². The summed E-state index contributed by atoms with van der Waals surface area (Å²) in [5.74, 6) is -0.630. The van der Waals surface area contributed by atoms with Crippen molar-refractivity contribution < 1.29 is 15.0 Å². The highest BCUT2D eigenvalue weighted by Crippen LogP contribution is 2.35. The molecule has 0 saturated heterocycles. The monoisotopic (exact) mass is 292 g/mol. The summed E-state index contributed by atoms with van der Waals surface area (Å²) in [6.45, 7) is 0.632. The van der Waals surface area contributed by atoms with E-state index in [0.717, 1.165) is 6.42 Å². The molecule has 0 bridgehead atoms. The van der Waals surface area contributed by atoms with E-state index < -0.39 is 12.1 Å². The maximum absolute atomic E-state index is 11.3. The molecule has 2 aromatic rings. The fraction of sp³-hybridized carbons (Fsp3) is 0.286. The Balaban J connectivity index is 2.25. The number of halogens is 1. The maximum atomic E-state index is 11.3. The molecule has 2 N–H and O–H groups in total. The molecule has 20 heavy (non-hydrogen) atoms. The number of aliphatic hydroxyl groups is 1. The van der Waals surface area contributed by atoms with Crippen LogP contribution < -0.4 is 0 Å². The van der Waals surface area contributed by atoms with Crippen molar-refractivity contribution in [2.75, 3.05) is 0 Å². The van der Waals surface area contributed by atoms with Gasteiger partial charge in [0.1, 0.15) is 5.82 Å². The molecular weight excluding hydrogens is 280 g/mol. The van der Waals surface area contributed by atoms with Crippen LogP contribution in [0.1, 0.15) is 35.1 Å². The minimum atomic E-state index is -1.13. The summed E-state index contributed by atoms with van der Waals surface area (Å²) in [6, 6.07) is 7.16. The molecule has 5 nitrogen and oxygen atoms in total. The van der Waals surface area contributed by atoms with Crippen LogP contribution in [0.15, 0.2) is 24.3 Å². The molecule has 104 valence electrons. The molecular formula is C14H13ClN2O3. The number of carbonyl (C=O) groups is 1. The quantitative estimate of drug-likeness (QED) is 0.892. The summed E-state index contributed by atoms with van der Waals surface area (Å²) < 4.78 is 1.76. The van der Waals surface area contributed by atoms with Gasteiger partial charge in [-0.25, -0.2) is 9.78 Å². The first-order valence-corrected chi connectivity index (χ1v) is 6.74. The Hall–Kier alpha value is -1.85. The number of hydrogen-bond donors (Lipinski definition) is 2. The zero-order valence-corrected chi connectivity index (χ0v) is 11.3. The minimum Gasteiger partial charge on any atom is -0.476 e. The highest BCUT2D eigenvalue weighted by Gasteiger charge is 2.30. The molecule has 0 fully saturated rings. The number of carboxylic acid groups (broad SMARTS) is 1. The minimum absolute atomic E-state index is 0.0906. The second kappa shape index (κ2) is 4.92. The van der Waals surface area contributed by atoms with Crippen molar-refractivity contribution in [2.24, 2.45) is 0 Å². The average molecular weight is 293 g/mol. The van der Waals surface area contributed by atoms with Crippen LogP contribution in [-0.2, 0) is 6.54 Å². The van der Waals surface area contributed by atoms with Crippen LogP contribution >= 0.6 is 11.6 Å². The van der Waals surface area contributed by atoms with Gasteiger partial charge in [0.05, 0.1) is 16.8 Å². The predicted molar refractivity (Wildman–Crippen MR) is 73.8 cm³/mol. The Morgan fingerprint density at radius 2 is 2.15 bits per heavy atom. The average Bonchev–Trinajstić information content (AvgIpc) is 2.80. The lowest BCUT2D eigenvalue weighted by atomic mass is 10.0. The molecule has 0 saturated carbocycles. The van der Waals surface area contributed by atoms with Crippen molar-refractivity contribution in [1.29, 1.82) is 0 Å². The van der Waals surface area contributed by atoms with Gasteiger partial charge >= 0.3 is 5.97 Å². The number of carboxylic acids is 1. The number of fused-ring (bicyclic) bond motifs is 1. The number of benzene rings is 1. The molecule has 2 heterocycles. The summed E-state index contributed by atoms with van der Waals surface area (Å²) in [5, 5.41) is 19.8. The van der Waals surface area contributed by atoms with E-state index in [1.54, 1.807) is 22.8 Å². The number of rotatable bonds is 2. The van der Waals surface area contributed by atoms with E-state index >= 15 is 0 Å². The molecule has 0 radical (unpaired) electrons. The summed E-state index contributed by atoms with van der Waals surface area (Å²) in [6.07, 6.45) is 0.535. The van der Waals surface area contributed by atoms with Crippen molar-refractivity contribution in [1.82, 2.24) is 9.55 Å². The number of nitrogens with zero attached hydrogens (tertiary/aromatic N) is 2. The van der Waals surface area contributed by atoms with E-state index in [1.807, 2.05) is 6.07 Å². The molecule has 1 unspecified atom stereocenters. The third-order valence-electron chi connectivity index (χ3n) is 3.50. The summed E-state index contributed by atoms with van der Waals surface area (Å²) in [7, 11) is 0. The van der Waals surface area contributed by atoms with Crippen molar-refractivity contribution in [3.63, 3.8) is 0 Å². The zero-order chi connectivity index (χ0) is 14.3. The summed E-state index contributed by atoms with van der Waals surface area (Å²) in [4.78, 5) is 15.5. The van der Waals surface area contributed by atoms with Gasteiger partial charge in [-0.1, -0.05) is 23.7 Å². The highest BCUT2D eigenvalue weighted by molar-refractivity contribution is 6.33. The fourth-order valence-corrected chi connectivity index (χ4v) is 2.83. The topological polar surface area (TPSA) is 75.3 Å². The normalized spacial score (nSPS) is 17.8. The zero-order valence-electron chi connectivity index (χ0n) is 10.6. The van der Waals surface area contributed by atoms with Gasteiger partial charge in [-0.3, -0.25) is 0 Å². The number of aliphatic hydroxyl groups excluding tert-OH is 1. The molecule has 1 aromatic carbocycles. The molecule has 6 heteroatoms. The molecule has 3 rings (SSSR count). The molecule has 1 aliphatic rings. The maximum Gasteiger partial charge on any atom is 0.356 e. The van der Waals surface area contributed by atoms with Crippen LogP contribution in [0.3, 0.4) is 0 Å². The van der Waals surface area contributed by atoms with Crippen molar-refractivity contribution in [3.05, 3.63) is 40.7 Å². The van der Waals surface area contributed by atoms with Crippen LogP contribution in [0.2, 0.25) is 5.02 Å². The van der Waals surface area contributed by atoms with Crippen LogP contribution in [0.25, 0.3) is 11.4 Å². The van der Waals surface area contributed by atoms with Crippen molar-refractivity contribution in [3.8, 4) is 11.4 Å². The lowest BCUT2D eigenvalue weighted by Crippen LogP contribution is -2.18. The van der Waals surface area contributed by atoms with E-state index in [1.165, 1.54) is 0 Å². The van der Waals surface area contributed by atoms with Crippen LogP contribution in [0.4, 0.5) is 0 Å². The van der Waals surface area contributed by atoms with Crippen LogP contribution in [0, 0.1) is 0 Å². The Bertz CT molecular complexity index is 681. The summed E-state index contributed by atoms with van der Waals surface area (Å²) in [5.41, 5.74) is 0.961. The Morgan fingerprint density at radius 1 is 1.40 bits per heavy atom. The third kappa shape index (κ3) is 1.99. The van der Waals surface area contributed by atoms with E-state index in [2.05, 4.69) is 4.98 Å². The number of aromatic nitrogens is 2. The van der Waals surface area contributed by atoms with Gasteiger partial charge < -0.3 is 14.8 Å². The standard InChI is InChI=1S/C14H13ClN2O3/c15-9-5-2-1-4-8(9)13-16-11(14(19)20)12-10(18)6-3-7-17(12)13/h1-2,4-5,10,18H,3,6-7H2,(H,19,20). The lowest BCUT2D eigenvalue weighted by molar-refractivity contribution is 0.0677. The third-order valence-corrected chi connectivity index (χ3v) is 3.83. The Morgan fingerprint density at radius 3 is 2.85 bits per heavy atom. The van der Waals surface area contributed by atoms with Gasteiger partial charge in [-0.15, -0.1) is 0 Å². The molecule has 0 amide bonds. The van der Waals surface area contributed by atoms with E-state index in [9.17, 15) is 15.0 Å². The van der Waals surface area contributed by atoms with Gasteiger partial charge in [-0.05, 0) is 25.0 Å². The van der Waals surface area contributed by atoms with E-state index in [-0.39, 0.29) is 5.69 Å². The van der Waals surface area contributed by atoms with E-state index in [4.69, 9.17) is 11.6 Å². The van der Waals surface area contributed by atoms with Crippen molar-refractivity contribution >= 4 is 17.6 Å². The lowest BCUT2D eigenvalue weighted by Gasteiger charge is -2.22. The first-order valence-electron chi connectivity index (χ1n) is 6.36. The smallest absolute Gasteiger partial charge is 0.356 e. The molecule has 1 aromatic heterocycles. The Kier molecular flexibility index (Phi) is 3.23. The first kappa shape index (κ1) is 13.1. The SMILES string of the molecule is O=C(O)c1nc(-c2ccccc2Cl)n2c1C(O)CCC2.